The standard InChI is InChI=1S/C16H14O5/c1-20-14-7-5-11(6-8-14)10-21-16(19)13-4-2-3-12(9-13)15(17)18/h2-9H,10H2,1H3,(H,17,18). The van der Waals surface area contributed by atoms with Crippen LogP contribution in [0.25, 0.3) is 0 Å². The Kier molecular flexibility index (Phi) is 4.56. The molecule has 1 N–H and O–H groups in total. The van der Waals surface area contributed by atoms with Crippen molar-refractivity contribution in [2.24, 2.45) is 0 Å². The maximum absolute atomic E-state index is 11.9. The van der Waals surface area contributed by atoms with Crippen LogP contribution in [-0.4, -0.2) is 24.2 Å². The fraction of sp³-hybridized carbons (Fsp3) is 0.125. The molecule has 0 saturated carbocycles. The Morgan fingerprint density at radius 2 is 1.71 bits per heavy atom. The van der Waals surface area contributed by atoms with Crippen molar-refractivity contribution in [3.05, 3.63) is 65.2 Å². The molecule has 2 rings (SSSR count). The number of carboxylic acids is 1. The van der Waals surface area contributed by atoms with Crippen LogP contribution in [0.4, 0.5) is 0 Å². The van der Waals surface area contributed by atoms with E-state index in [2.05, 4.69) is 0 Å². The van der Waals surface area contributed by atoms with Crippen LogP contribution < -0.4 is 4.74 Å². The third-order valence-corrected chi connectivity index (χ3v) is 2.87. The second-order valence-corrected chi connectivity index (χ2v) is 4.31. The largest absolute Gasteiger partial charge is 0.497 e. The van der Waals surface area contributed by atoms with Crippen molar-refractivity contribution >= 4 is 11.9 Å². The molecular weight excluding hydrogens is 272 g/mol. The number of hydrogen-bond donors (Lipinski definition) is 1. The summed E-state index contributed by atoms with van der Waals surface area (Å²) in [6, 6.07) is 12.9. The summed E-state index contributed by atoms with van der Waals surface area (Å²) in [4.78, 5) is 22.7. The highest BCUT2D eigenvalue weighted by Crippen LogP contribution is 2.13. The molecule has 0 heterocycles. The molecule has 2 aromatic carbocycles. The first-order valence-electron chi connectivity index (χ1n) is 6.23. The van der Waals surface area contributed by atoms with Crippen molar-refractivity contribution in [1.29, 1.82) is 0 Å². The van der Waals surface area contributed by atoms with E-state index in [-0.39, 0.29) is 17.7 Å². The van der Waals surface area contributed by atoms with Crippen LogP contribution in [-0.2, 0) is 11.3 Å². The molecule has 0 saturated heterocycles. The van der Waals surface area contributed by atoms with Crippen LogP contribution in [0, 0.1) is 0 Å². The molecule has 0 unspecified atom stereocenters. The lowest BCUT2D eigenvalue weighted by Gasteiger charge is -2.06. The molecular formula is C16H14O5. The maximum atomic E-state index is 11.9. The lowest BCUT2D eigenvalue weighted by molar-refractivity contribution is 0.0472. The Balaban J connectivity index is 2.00. The normalized spacial score (nSPS) is 9.95. The first kappa shape index (κ1) is 14.6. The van der Waals surface area contributed by atoms with Gasteiger partial charge in [-0.05, 0) is 35.9 Å². The number of esters is 1. The summed E-state index contributed by atoms with van der Waals surface area (Å²) in [5, 5.41) is 8.88. The average molecular weight is 286 g/mol. The van der Waals surface area contributed by atoms with Crippen molar-refractivity contribution in [2.75, 3.05) is 7.11 Å². The van der Waals surface area contributed by atoms with E-state index in [1.54, 1.807) is 31.4 Å². The lowest BCUT2D eigenvalue weighted by atomic mass is 10.1. The first-order valence-corrected chi connectivity index (χ1v) is 6.23. The number of hydrogen-bond acceptors (Lipinski definition) is 4. The third-order valence-electron chi connectivity index (χ3n) is 2.87. The van der Waals surface area contributed by atoms with Crippen molar-refractivity contribution in [3.63, 3.8) is 0 Å². The second kappa shape index (κ2) is 6.56. The van der Waals surface area contributed by atoms with Gasteiger partial charge in [0, 0.05) is 0 Å². The molecule has 0 spiro atoms. The van der Waals surface area contributed by atoms with E-state index in [9.17, 15) is 9.59 Å². The van der Waals surface area contributed by atoms with E-state index in [1.165, 1.54) is 24.3 Å². The van der Waals surface area contributed by atoms with E-state index in [0.29, 0.717) is 0 Å². The third kappa shape index (κ3) is 3.82. The Morgan fingerprint density at radius 1 is 1.05 bits per heavy atom. The molecule has 0 amide bonds. The Hall–Kier alpha value is -2.82. The minimum absolute atomic E-state index is 0.0499. The van der Waals surface area contributed by atoms with Gasteiger partial charge >= 0.3 is 11.9 Å². The molecule has 21 heavy (non-hydrogen) atoms. The van der Waals surface area contributed by atoms with Crippen LogP contribution in [0.1, 0.15) is 26.3 Å². The van der Waals surface area contributed by atoms with Crippen LogP contribution in [0.3, 0.4) is 0 Å². The van der Waals surface area contributed by atoms with Crippen molar-refractivity contribution < 1.29 is 24.2 Å². The summed E-state index contributed by atoms with van der Waals surface area (Å²) in [5.74, 6) is -0.923. The molecule has 0 atom stereocenters. The molecule has 5 nitrogen and oxygen atoms in total. The highest BCUT2D eigenvalue weighted by Gasteiger charge is 2.10. The molecule has 0 bridgehead atoms. The summed E-state index contributed by atoms with van der Waals surface area (Å²) in [7, 11) is 1.57. The minimum atomic E-state index is -1.08. The fourth-order valence-electron chi connectivity index (χ4n) is 1.73. The maximum Gasteiger partial charge on any atom is 0.338 e. The number of carbonyl (C=O) groups is 2. The number of ether oxygens (including phenoxy) is 2. The van der Waals surface area contributed by atoms with E-state index in [1.807, 2.05) is 0 Å². The topological polar surface area (TPSA) is 72.8 Å². The van der Waals surface area contributed by atoms with E-state index in [4.69, 9.17) is 14.6 Å². The number of methoxy groups -OCH3 is 1. The zero-order valence-electron chi connectivity index (χ0n) is 11.4. The monoisotopic (exact) mass is 286 g/mol. The van der Waals surface area contributed by atoms with Gasteiger partial charge in [-0.15, -0.1) is 0 Å². The van der Waals surface area contributed by atoms with Gasteiger partial charge in [0.2, 0.25) is 0 Å². The molecule has 0 aliphatic rings. The van der Waals surface area contributed by atoms with Crippen LogP contribution in [0.5, 0.6) is 5.75 Å². The number of carboxylic acid groups (broad SMARTS) is 1. The molecule has 0 aromatic heterocycles. The number of aromatic carboxylic acids is 1. The zero-order valence-corrected chi connectivity index (χ0v) is 11.4. The highest BCUT2D eigenvalue weighted by molar-refractivity contribution is 5.94. The predicted octanol–water partition coefficient (Wildman–Crippen LogP) is 2.75. The summed E-state index contributed by atoms with van der Waals surface area (Å²) in [6.45, 7) is 0.111. The quantitative estimate of drug-likeness (QED) is 0.856. The van der Waals surface area contributed by atoms with E-state index in [0.717, 1.165) is 11.3 Å². The molecule has 5 heteroatoms. The number of carbonyl (C=O) groups excluding carboxylic acids is 1. The Morgan fingerprint density at radius 3 is 2.33 bits per heavy atom. The molecule has 0 radical (unpaired) electrons. The molecule has 0 fully saturated rings. The van der Waals surface area contributed by atoms with Gasteiger partial charge in [-0.3, -0.25) is 0 Å². The van der Waals surface area contributed by atoms with Crippen molar-refractivity contribution in [1.82, 2.24) is 0 Å². The van der Waals surface area contributed by atoms with Gasteiger partial charge in [-0.1, -0.05) is 18.2 Å². The second-order valence-electron chi connectivity index (χ2n) is 4.31. The fourth-order valence-corrected chi connectivity index (χ4v) is 1.73. The van der Waals surface area contributed by atoms with E-state index >= 15 is 0 Å². The lowest BCUT2D eigenvalue weighted by Crippen LogP contribution is -2.07. The predicted molar refractivity (Wildman–Crippen MR) is 75.5 cm³/mol. The Labute approximate surface area is 121 Å². The zero-order chi connectivity index (χ0) is 15.2. The van der Waals surface area contributed by atoms with Gasteiger partial charge in [-0.2, -0.15) is 0 Å². The minimum Gasteiger partial charge on any atom is -0.497 e. The van der Waals surface area contributed by atoms with Crippen LogP contribution in [0.2, 0.25) is 0 Å². The SMILES string of the molecule is COc1ccc(COC(=O)c2cccc(C(=O)O)c2)cc1. The Bertz CT molecular complexity index is 646. The van der Waals surface area contributed by atoms with E-state index < -0.39 is 11.9 Å². The van der Waals surface area contributed by atoms with Gasteiger partial charge in [-0.25, -0.2) is 9.59 Å². The average Bonchev–Trinajstić information content (AvgIpc) is 2.53. The summed E-state index contributed by atoms with van der Waals surface area (Å²) in [5.41, 5.74) is 1.08. The summed E-state index contributed by atoms with van der Waals surface area (Å²) >= 11 is 0. The van der Waals surface area contributed by atoms with Gasteiger partial charge in [0.05, 0.1) is 18.2 Å². The number of rotatable bonds is 5. The molecule has 2 aromatic rings. The summed E-state index contributed by atoms with van der Waals surface area (Å²) < 4.78 is 10.2. The van der Waals surface area contributed by atoms with Gasteiger partial charge < -0.3 is 14.6 Å². The van der Waals surface area contributed by atoms with Crippen molar-refractivity contribution in [2.45, 2.75) is 6.61 Å². The molecule has 0 aliphatic carbocycles. The first-order chi connectivity index (χ1) is 10.1. The van der Waals surface area contributed by atoms with Gasteiger partial charge in [0.1, 0.15) is 12.4 Å². The van der Waals surface area contributed by atoms with Gasteiger partial charge in [0.25, 0.3) is 0 Å². The van der Waals surface area contributed by atoms with Crippen LogP contribution >= 0.6 is 0 Å². The van der Waals surface area contributed by atoms with Gasteiger partial charge in [0.15, 0.2) is 0 Å². The molecule has 0 aliphatic heterocycles. The highest BCUT2D eigenvalue weighted by atomic mass is 16.5. The number of benzene rings is 2. The van der Waals surface area contributed by atoms with Crippen molar-refractivity contribution in [3.8, 4) is 5.75 Å². The molecule has 108 valence electrons. The smallest absolute Gasteiger partial charge is 0.338 e. The van der Waals surface area contributed by atoms with Crippen LogP contribution in [0.15, 0.2) is 48.5 Å². The summed E-state index contributed by atoms with van der Waals surface area (Å²) in [6.07, 6.45) is 0.